The minimum Gasteiger partial charge on any atom is -0.489 e. The molecule has 2 heterocycles. The molecule has 0 saturated heterocycles. The lowest BCUT2D eigenvalue weighted by atomic mass is 10.1. The number of nitrogens with zero attached hydrogens (tertiary/aromatic N) is 2. The number of hydrogen-bond acceptors (Lipinski definition) is 4. The van der Waals surface area contributed by atoms with Gasteiger partial charge in [0.15, 0.2) is 11.5 Å². The first kappa shape index (κ1) is 13.3. The van der Waals surface area contributed by atoms with Gasteiger partial charge in [0.25, 0.3) is 0 Å². The molecule has 20 heavy (non-hydrogen) atoms. The second-order valence-electron chi connectivity index (χ2n) is 4.79. The summed E-state index contributed by atoms with van der Waals surface area (Å²) in [5.74, 6) is 3.00. The van der Waals surface area contributed by atoms with Crippen molar-refractivity contribution >= 4 is 21.7 Å². The lowest BCUT2D eigenvalue weighted by Crippen LogP contribution is -1.98. The number of fused-ring (bicyclic) bond motifs is 1. The van der Waals surface area contributed by atoms with E-state index in [2.05, 4.69) is 20.9 Å². The van der Waals surface area contributed by atoms with Crippen molar-refractivity contribution in [1.29, 1.82) is 0 Å². The molecule has 3 rings (SSSR count). The maximum Gasteiger partial charge on any atom is 0.175 e. The van der Waals surface area contributed by atoms with Crippen LogP contribution in [-0.4, -0.2) is 22.8 Å². The number of aromatic nitrogens is 2. The Morgan fingerprint density at radius 2 is 2.05 bits per heavy atom. The van der Waals surface area contributed by atoms with Gasteiger partial charge in [-0.2, -0.15) is 0 Å². The van der Waals surface area contributed by atoms with Gasteiger partial charge in [-0.25, -0.2) is 4.98 Å². The average molecular weight is 338 g/mol. The van der Waals surface area contributed by atoms with Crippen molar-refractivity contribution in [3.8, 4) is 22.8 Å². The van der Waals surface area contributed by atoms with Gasteiger partial charge in [0, 0.05) is 19.0 Å². The zero-order chi connectivity index (χ0) is 14.3. The number of rotatable bonds is 1. The maximum absolute atomic E-state index is 6.11. The summed E-state index contributed by atoms with van der Waals surface area (Å²) in [5, 5.41) is 0. The van der Waals surface area contributed by atoms with Crippen LogP contribution in [0.4, 0.5) is 5.82 Å². The SMILES string of the molecule is Cc1nc(-c2cc(Br)c3c(c2)OCCCO3)c(N)n1C. The highest BCUT2D eigenvalue weighted by atomic mass is 79.9. The maximum atomic E-state index is 6.11. The largest absolute Gasteiger partial charge is 0.489 e. The Morgan fingerprint density at radius 1 is 1.30 bits per heavy atom. The average Bonchev–Trinajstić information content (AvgIpc) is 2.63. The fourth-order valence-electron chi connectivity index (χ4n) is 2.21. The molecule has 1 aromatic heterocycles. The smallest absolute Gasteiger partial charge is 0.175 e. The summed E-state index contributed by atoms with van der Waals surface area (Å²) >= 11 is 3.53. The molecular formula is C14H16BrN3O2. The van der Waals surface area contributed by atoms with Crippen molar-refractivity contribution in [3.63, 3.8) is 0 Å². The molecule has 0 bridgehead atoms. The summed E-state index contributed by atoms with van der Waals surface area (Å²) in [5.41, 5.74) is 7.79. The minimum absolute atomic E-state index is 0.642. The van der Waals surface area contributed by atoms with E-state index in [1.807, 2.05) is 30.7 Å². The van der Waals surface area contributed by atoms with E-state index in [-0.39, 0.29) is 0 Å². The third-order valence-electron chi connectivity index (χ3n) is 3.44. The number of halogens is 1. The fourth-order valence-corrected chi connectivity index (χ4v) is 2.76. The number of anilines is 1. The van der Waals surface area contributed by atoms with E-state index in [1.54, 1.807) is 0 Å². The van der Waals surface area contributed by atoms with Crippen molar-refractivity contribution < 1.29 is 9.47 Å². The molecule has 0 unspecified atom stereocenters. The van der Waals surface area contributed by atoms with Crippen molar-refractivity contribution in [2.75, 3.05) is 18.9 Å². The topological polar surface area (TPSA) is 62.3 Å². The van der Waals surface area contributed by atoms with Gasteiger partial charge in [0.05, 0.1) is 17.7 Å². The molecule has 0 saturated carbocycles. The van der Waals surface area contributed by atoms with Crippen molar-refractivity contribution in [2.45, 2.75) is 13.3 Å². The van der Waals surface area contributed by atoms with E-state index < -0.39 is 0 Å². The summed E-state index contributed by atoms with van der Waals surface area (Å²) in [4.78, 5) is 4.51. The lowest BCUT2D eigenvalue weighted by molar-refractivity contribution is 0.296. The third kappa shape index (κ3) is 2.14. The van der Waals surface area contributed by atoms with Crippen LogP contribution in [0.1, 0.15) is 12.2 Å². The molecule has 2 N–H and O–H groups in total. The monoisotopic (exact) mass is 337 g/mol. The van der Waals surface area contributed by atoms with Crippen LogP contribution < -0.4 is 15.2 Å². The fraction of sp³-hybridized carbons (Fsp3) is 0.357. The second-order valence-corrected chi connectivity index (χ2v) is 5.64. The van der Waals surface area contributed by atoms with Crippen molar-refractivity contribution in [2.24, 2.45) is 7.05 Å². The Labute approximate surface area is 125 Å². The number of ether oxygens (including phenoxy) is 2. The minimum atomic E-state index is 0.642. The second kappa shape index (κ2) is 5.01. The Kier molecular flexibility index (Phi) is 3.33. The standard InChI is InChI=1S/C14H16BrN3O2/c1-8-17-12(14(16)18(8)2)9-6-10(15)13-11(7-9)19-4-3-5-20-13/h6-7H,3-5,16H2,1-2H3. The van der Waals surface area contributed by atoms with E-state index in [0.29, 0.717) is 19.0 Å². The molecule has 0 amide bonds. The van der Waals surface area contributed by atoms with E-state index in [9.17, 15) is 0 Å². The Morgan fingerprint density at radius 3 is 2.75 bits per heavy atom. The van der Waals surface area contributed by atoms with E-state index in [4.69, 9.17) is 15.2 Å². The van der Waals surface area contributed by atoms with Gasteiger partial charge in [-0.1, -0.05) is 0 Å². The molecule has 6 heteroatoms. The highest BCUT2D eigenvalue weighted by Crippen LogP contribution is 2.41. The van der Waals surface area contributed by atoms with Crippen LogP contribution in [0, 0.1) is 6.92 Å². The lowest BCUT2D eigenvalue weighted by Gasteiger charge is -2.11. The van der Waals surface area contributed by atoms with Crippen LogP contribution in [0.5, 0.6) is 11.5 Å². The van der Waals surface area contributed by atoms with Crippen LogP contribution in [0.2, 0.25) is 0 Å². The number of hydrogen-bond donors (Lipinski definition) is 1. The van der Waals surface area contributed by atoms with Crippen LogP contribution in [0.25, 0.3) is 11.3 Å². The molecule has 5 nitrogen and oxygen atoms in total. The van der Waals surface area contributed by atoms with Crippen LogP contribution in [-0.2, 0) is 7.05 Å². The molecule has 0 aliphatic carbocycles. The first-order chi connectivity index (χ1) is 9.58. The molecule has 0 atom stereocenters. The predicted molar refractivity (Wildman–Crippen MR) is 81.1 cm³/mol. The van der Waals surface area contributed by atoms with Gasteiger partial charge in [-0.3, -0.25) is 0 Å². The number of nitrogen functional groups attached to an aromatic ring is 1. The first-order valence-electron chi connectivity index (χ1n) is 6.46. The normalized spacial score (nSPS) is 14.2. The van der Waals surface area contributed by atoms with E-state index in [1.165, 1.54) is 0 Å². The summed E-state index contributed by atoms with van der Waals surface area (Å²) in [6, 6.07) is 3.90. The van der Waals surface area contributed by atoms with E-state index in [0.717, 1.165) is 39.5 Å². The number of nitrogens with two attached hydrogens (primary N) is 1. The molecule has 106 valence electrons. The van der Waals surface area contributed by atoms with Crippen LogP contribution >= 0.6 is 15.9 Å². The number of benzene rings is 1. The zero-order valence-electron chi connectivity index (χ0n) is 11.4. The molecule has 0 radical (unpaired) electrons. The molecule has 1 aromatic carbocycles. The summed E-state index contributed by atoms with van der Waals surface area (Å²) in [6.07, 6.45) is 0.876. The van der Waals surface area contributed by atoms with Crippen LogP contribution in [0.15, 0.2) is 16.6 Å². The molecule has 0 spiro atoms. The van der Waals surface area contributed by atoms with Crippen molar-refractivity contribution in [1.82, 2.24) is 9.55 Å². The molecule has 1 aliphatic rings. The molecule has 0 fully saturated rings. The Hall–Kier alpha value is -1.69. The zero-order valence-corrected chi connectivity index (χ0v) is 13.0. The summed E-state index contributed by atoms with van der Waals surface area (Å²) < 4.78 is 14.2. The van der Waals surface area contributed by atoms with Gasteiger partial charge < -0.3 is 19.8 Å². The number of imidazole rings is 1. The third-order valence-corrected chi connectivity index (χ3v) is 4.03. The molecule has 1 aliphatic heterocycles. The molecule has 2 aromatic rings. The predicted octanol–water partition coefficient (Wildman–Crippen LogP) is 2.90. The highest BCUT2D eigenvalue weighted by molar-refractivity contribution is 9.10. The van der Waals surface area contributed by atoms with Gasteiger partial charge >= 0.3 is 0 Å². The van der Waals surface area contributed by atoms with Crippen molar-refractivity contribution in [3.05, 3.63) is 22.4 Å². The van der Waals surface area contributed by atoms with Gasteiger partial charge in [-0.15, -0.1) is 0 Å². The summed E-state index contributed by atoms with van der Waals surface area (Å²) in [6.45, 7) is 3.24. The Bertz CT molecular complexity index is 667. The Balaban J connectivity index is 2.13. The van der Waals surface area contributed by atoms with Gasteiger partial charge in [-0.05, 0) is 35.0 Å². The molecular weight excluding hydrogens is 322 g/mol. The first-order valence-corrected chi connectivity index (χ1v) is 7.25. The quantitative estimate of drug-likeness (QED) is 0.869. The van der Waals surface area contributed by atoms with Gasteiger partial charge in [0.1, 0.15) is 17.3 Å². The number of aryl methyl sites for hydroxylation is 1. The van der Waals surface area contributed by atoms with Crippen LogP contribution in [0.3, 0.4) is 0 Å². The summed E-state index contributed by atoms with van der Waals surface area (Å²) in [7, 11) is 1.90. The van der Waals surface area contributed by atoms with Gasteiger partial charge in [0.2, 0.25) is 0 Å². The highest BCUT2D eigenvalue weighted by Gasteiger charge is 2.19. The van der Waals surface area contributed by atoms with E-state index >= 15 is 0 Å².